The summed E-state index contributed by atoms with van der Waals surface area (Å²) in [6, 6.07) is -0.526. The second-order valence-corrected chi connectivity index (χ2v) is 6.93. The SMILES string of the molecule is CCCCNC(=O)CN1CCN(C(C)C(=O)NC(=O)NC2CC2)CC1. The molecular weight excluding hydrogens is 322 g/mol. The van der Waals surface area contributed by atoms with Gasteiger partial charge >= 0.3 is 6.03 Å². The maximum absolute atomic E-state index is 12.2. The van der Waals surface area contributed by atoms with Crippen LogP contribution < -0.4 is 16.0 Å². The normalized spacial score (nSPS) is 19.9. The first-order valence-corrected chi connectivity index (χ1v) is 9.34. The molecule has 2 rings (SSSR count). The van der Waals surface area contributed by atoms with Gasteiger partial charge in [-0.05, 0) is 26.2 Å². The highest BCUT2D eigenvalue weighted by molar-refractivity contribution is 5.97. The third kappa shape index (κ3) is 6.99. The van der Waals surface area contributed by atoms with Gasteiger partial charge in [-0.25, -0.2) is 4.79 Å². The van der Waals surface area contributed by atoms with E-state index in [0.717, 1.165) is 45.3 Å². The van der Waals surface area contributed by atoms with E-state index < -0.39 is 6.03 Å². The topological polar surface area (TPSA) is 93.8 Å². The summed E-state index contributed by atoms with van der Waals surface area (Å²) in [6.07, 6.45) is 4.05. The Kier molecular flexibility index (Phi) is 7.64. The molecule has 2 aliphatic rings. The van der Waals surface area contributed by atoms with E-state index in [1.807, 2.05) is 11.8 Å². The lowest BCUT2D eigenvalue weighted by Gasteiger charge is -2.37. The van der Waals surface area contributed by atoms with Crippen LogP contribution in [0, 0.1) is 0 Å². The summed E-state index contributed by atoms with van der Waals surface area (Å²) in [6.45, 7) is 7.95. The van der Waals surface area contributed by atoms with Crippen LogP contribution in [0.25, 0.3) is 0 Å². The molecule has 1 aliphatic heterocycles. The van der Waals surface area contributed by atoms with Gasteiger partial charge in [0.1, 0.15) is 0 Å². The lowest BCUT2D eigenvalue weighted by Crippen LogP contribution is -2.56. The molecule has 142 valence electrons. The first-order valence-electron chi connectivity index (χ1n) is 9.34. The van der Waals surface area contributed by atoms with Gasteiger partial charge in [0, 0.05) is 38.8 Å². The fraction of sp³-hybridized carbons (Fsp3) is 0.824. The Morgan fingerprint density at radius 1 is 1.12 bits per heavy atom. The van der Waals surface area contributed by atoms with Crippen molar-refractivity contribution in [2.24, 2.45) is 0 Å². The zero-order valence-corrected chi connectivity index (χ0v) is 15.3. The number of amides is 4. The third-order valence-electron chi connectivity index (χ3n) is 4.70. The Morgan fingerprint density at radius 2 is 1.80 bits per heavy atom. The average molecular weight is 353 g/mol. The monoisotopic (exact) mass is 353 g/mol. The summed E-state index contributed by atoms with van der Waals surface area (Å²) in [5, 5.41) is 8.08. The summed E-state index contributed by atoms with van der Waals surface area (Å²) < 4.78 is 0. The Morgan fingerprint density at radius 3 is 2.40 bits per heavy atom. The Labute approximate surface area is 149 Å². The number of rotatable bonds is 8. The minimum Gasteiger partial charge on any atom is -0.355 e. The van der Waals surface area contributed by atoms with Crippen molar-refractivity contribution in [3.05, 3.63) is 0 Å². The molecule has 3 N–H and O–H groups in total. The average Bonchev–Trinajstić information content (AvgIpc) is 3.39. The number of carbonyl (C=O) groups excluding carboxylic acids is 3. The van der Waals surface area contributed by atoms with Crippen molar-refractivity contribution in [3.8, 4) is 0 Å². The summed E-state index contributed by atoms with van der Waals surface area (Å²) in [5.74, 6) is -0.214. The first-order chi connectivity index (χ1) is 12.0. The second kappa shape index (κ2) is 9.72. The number of urea groups is 1. The van der Waals surface area contributed by atoms with Gasteiger partial charge in [-0.1, -0.05) is 13.3 Å². The second-order valence-electron chi connectivity index (χ2n) is 6.93. The van der Waals surface area contributed by atoms with Crippen molar-refractivity contribution in [2.75, 3.05) is 39.3 Å². The van der Waals surface area contributed by atoms with Crippen molar-refractivity contribution >= 4 is 17.8 Å². The van der Waals surface area contributed by atoms with Crippen LogP contribution in [0.3, 0.4) is 0 Å². The number of imide groups is 1. The number of hydrogen-bond donors (Lipinski definition) is 3. The summed E-state index contributed by atoms with van der Waals surface area (Å²) in [5.41, 5.74) is 0. The molecule has 1 atom stereocenters. The Balaban J connectivity index is 1.65. The molecule has 0 spiro atoms. The quantitative estimate of drug-likeness (QED) is 0.530. The van der Waals surface area contributed by atoms with Gasteiger partial charge in [-0.15, -0.1) is 0 Å². The van der Waals surface area contributed by atoms with E-state index in [1.54, 1.807) is 0 Å². The predicted molar refractivity (Wildman–Crippen MR) is 95.1 cm³/mol. The molecule has 0 bridgehead atoms. The zero-order valence-electron chi connectivity index (χ0n) is 15.3. The Hall–Kier alpha value is -1.67. The number of nitrogens with one attached hydrogen (secondary N) is 3. The predicted octanol–water partition coefficient (Wildman–Crippen LogP) is -0.103. The van der Waals surface area contributed by atoms with E-state index in [1.165, 1.54) is 0 Å². The van der Waals surface area contributed by atoms with Crippen molar-refractivity contribution in [3.63, 3.8) is 0 Å². The van der Waals surface area contributed by atoms with Gasteiger partial charge < -0.3 is 10.6 Å². The van der Waals surface area contributed by atoms with Crippen LogP contribution in [0.15, 0.2) is 0 Å². The van der Waals surface area contributed by atoms with Crippen LogP contribution in [0.1, 0.15) is 39.5 Å². The fourth-order valence-electron chi connectivity index (χ4n) is 2.80. The molecule has 1 saturated carbocycles. The molecule has 0 aromatic heterocycles. The van der Waals surface area contributed by atoms with Gasteiger partial charge in [-0.2, -0.15) is 0 Å². The molecule has 1 unspecified atom stereocenters. The van der Waals surface area contributed by atoms with Crippen molar-refractivity contribution in [1.82, 2.24) is 25.8 Å². The van der Waals surface area contributed by atoms with E-state index in [-0.39, 0.29) is 23.9 Å². The highest BCUT2D eigenvalue weighted by Gasteiger charge is 2.29. The molecular formula is C17H31N5O3. The van der Waals surface area contributed by atoms with E-state index in [2.05, 4.69) is 27.8 Å². The van der Waals surface area contributed by atoms with E-state index in [0.29, 0.717) is 19.6 Å². The molecule has 25 heavy (non-hydrogen) atoms. The maximum atomic E-state index is 12.2. The minimum atomic E-state index is -0.401. The summed E-state index contributed by atoms with van der Waals surface area (Å²) >= 11 is 0. The number of nitrogens with zero attached hydrogens (tertiary/aromatic N) is 2. The summed E-state index contributed by atoms with van der Waals surface area (Å²) in [7, 11) is 0. The zero-order chi connectivity index (χ0) is 18.2. The lowest BCUT2D eigenvalue weighted by molar-refractivity contribution is -0.127. The fourth-order valence-corrected chi connectivity index (χ4v) is 2.80. The van der Waals surface area contributed by atoms with Crippen LogP contribution >= 0.6 is 0 Å². The van der Waals surface area contributed by atoms with Gasteiger partial charge in [0.2, 0.25) is 11.8 Å². The number of piperazine rings is 1. The van der Waals surface area contributed by atoms with Crippen LogP contribution in [0.2, 0.25) is 0 Å². The molecule has 1 aliphatic carbocycles. The maximum Gasteiger partial charge on any atom is 0.321 e. The smallest absolute Gasteiger partial charge is 0.321 e. The van der Waals surface area contributed by atoms with Crippen molar-refractivity contribution in [2.45, 2.75) is 51.6 Å². The molecule has 0 radical (unpaired) electrons. The van der Waals surface area contributed by atoms with E-state index >= 15 is 0 Å². The third-order valence-corrected chi connectivity index (χ3v) is 4.70. The molecule has 2 fully saturated rings. The molecule has 8 heteroatoms. The molecule has 8 nitrogen and oxygen atoms in total. The molecule has 1 heterocycles. The first kappa shape index (κ1) is 19.7. The highest BCUT2D eigenvalue weighted by Crippen LogP contribution is 2.18. The van der Waals surface area contributed by atoms with E-state index in [4.69, 9.17) is 0 Å². The van der Waals surface area contributed by atoms with Crippen LogP contribution in [0.5, 0.6) is 0 Å². The lowest BCUT2D eigenvalue weighted by atomic mass is 10.2. The van der Waals surface area contributed by atoms with Crippen molar-refractivity contribution < 1.29 is 14.4 Å². The molecule has 1 saturated heterocycles. The molecule has 4 amide bonds. The van der Waals surface area contributed by atoms with Gasteiger partial charge in [0.25, 0.3) is 0 Å². The van der Waals surface area contributed by atoms with Crippen LogP contribution in [-0.2, 0) is 9.59 Å². The number of unbranched alkanes of at least 4 members (excludes halogenated alkanes) is 1. The minimum absolute atomic E-state index is 0.0597. The molecule has 0 aromatic rings. The largest absolute Gasteiger partial charge is 0.355 e. The number of hydrogen-bond acceptors (Lipinski definition) is 5. The van der Waals surface area contributed by atoms with Crippen molar-refractivity contribution in [1.29, 1.82) is 0 Å². The Bertz CT molecular complexity index is 473. The van der Waals surface area contributed by atoms with Gasteiger partial charge in [-0.3, -0.25) is 24.7 Å². The summed E-state index contributed by atoms with van der Waals surface area (Å²) in [4.78, 5) is 39.8. The van der Waals surface area contributed by atoms with Crippen LogP contribution in [0.4, 0.5) is 4.79 Å². The van der Waals surface area contributed by atoms with Gasteiger partial charge in [0.15, 0.2) is 0 Å². The highest BCUT2D eigenvalue weighted by atomic mass is 16.2. The van der Waals surface area contributed by atoms with E-state index in [9.17, 15) is 14.4 Å². The van der Waals surface area contributed by atoms with Crippen LogP contribution in [-0.4, -0.2) is 79.0 Å². The van der Waals surface area contributed by atoms with Gasteiger partial charge in [0.05, 0.1) is 12.6 Å². The number of carbonyl (C=O) groups is 3. The standard InChI is InChI=1S/C17H31N5O3/c1-3-4-7-18-15(23)12-21-8-10-22(11-9-21)13(2)16(24)20-17(25)19-14-5-6-14/h13-14H,3-12H2,1-2H3,(H,18,23)(H2,19,20,24,25). The molecule has 0 aromatic carbocycles.